The molecule has 0 aliphatic carbocycles. The lowest BCUT2D eigenvalue weighted by Crippen LogP contribution is -2.41. The molecule has 0 atom stereocenters. The number of hydrogen-bond acceptors (Lipinski definition) is 4. The predicted octanol–water partition coefficient (Wildman–Crippen LogP) is 2.45. The van der Waals surface area contributed by atoms with E-state index in [4.69, 9.17) is 21.1 Å². The van der Waals surface area contributed by atoms with E-state index in [-0.39, 0.29) is 5.91 Å². The molecule has 2 rings (SSSR count). The zero-order chi connectivity index (χ0) is 20.4. The van der Waals surface area contributed by atoms with Crippen LogP contribution in [0, 0.1) is 0 Å². The summed E-state index contributed by atoms with van der Waals surface area (Å²) in [4.78, 5) is 16.3. The highest BCUT2D eigenvalue weighted by molar-refractivity contribution is 6.33. The third-order valence-corrected chi connectivity index (χ3v) is 4.32. The number of benzene rings is 2. The molecule has 28 heavy (non-hydrogen) atoms. The minimum absolute atomic E-state index is 0.210. The van der Waals surface area contributed by atoms with Crippen molar-refractivity contribution >= 4 is 23.5 Å². The Kier molecular flexibility index (Phi) is 8.42. The number of guanidine groups is 1. The first kappa shape index (κ1) is 21.4. The van der Waals surface area contributed by atoms with Crippen molar-refractivity contribution in [3.8, 4) is 11.5 Å². The monoisotopic (exact) mass is 404 g/mol. The van der Waals surface area contributed by atoms with Gasteiger partial charge in [0.25, 0.3) is 5.91 Å². The van der Waals surface area contributed by atoms with Crippen molar-refractivity contribution < 1.29 is 14.3 Å². The number of methoxy groups -OCH3 is 2. The molecule has 150 valence electrons. The molecule has 0 radical (unpaired) electrons. The highest BCUT2D eigenvalue weighted by Crippen LogP contribution is 2.24. The fourth-order valence-electron chi connectivity index (χ4n) is 2.49. The number of nitrogens with zero attached hydrogens (tertiary/aromatic N) is 1. The molecule has 2 aromatic rings. The highest BCUT2D eigenvalue weighted by Gasteiger charge is 2.09. The van der Waals surface area contributed by atoms with Crippen molar-refractivity contribution in [2.45, 2.75) is 6.54 Å². The quantitative estimate of drug-likeness (QED) is 0.357. The van der Waals surface area contributed by atoms with Crippen LogP contribution < -0.4 is 25.4 Å². The van der Waals surface area contributed by atoms with Crippen LogP contribution in [0.4, 0.5) is 0 Å². The van der Waals surface area contributed by atoms with E-state index in [0.717, 1.165) is 17.1 Å². The standard InChI is InChI=1S/C20H25ClN4O3/c1-22-20(25-13-14-8-9-15(27-2)12-18(14)28-3)24-11-10-23-19(26)16-6-4-5-7-17(16)21/h4-9,12H,10-11,13H2,1-3H3,(H,23,26)(H2,22,24,25). The van der Waals surface area contributed by atoms with Gasteiger partial charge >= 0.3 is 0 Å². The van der Waals surface area contributed by atoms with Crippen LogP contribution >= 0.6 is 11.6 Å². The molecule has 3 N–H and O–H groups in total. The van der Waals surface area contributed by atoms with E-state index in [9.17, 15) is 4.79 Å². The van der Waals surface area contributed by atoms with Gasteiger partial charge in [0.05, 0.1) is 24.8 Å². The summed E-state index contributed by atoms with van der Waals surface area (Å²) in [6.45, 7) is 1.46. The fraction of sp³-hybridized carbons (Fsp3) is 0.300. The third kappa shape index (κ3) is 6.06. The summed E-state index contributed by atoms with van der Waals surface area (Å²) in [5.41, 5.74) is 1.43. The molecule has 0 aliphatic rings. The van der Waals surface area contributed by atoms with Gasteiger partial charge in [-0.1, -0.05) is 23.7 Å². The first-order valence-corrected chi connectivity index (χ1v) is 9.15. The first-order chi connectivity index (χ1) is 13.6. The number of hydrogen-bond donors (Lipinski definition) is 3. The lowest BCUT2D eigenvalue weighted by molar-refractivity contribution is 0.0954. The Hall–Kier alpha value is -2.93. The third-order valence-electron chi connectivity index (χ3n) is 3.99. The van der Waals surface area contributed by atoms with E-state index < -0.39 is 0 Å². The molecule has 7 nitrogen and oxygen atoms in total. The molecular weight excluding hydrogens is 380 g/mol. The number of carbonyl (C=O) groups excluding carboxylic acids is 1. The second-order valence-corrected chi connectivity index (χ2v) is 6.17. The van der Waals surface area contributed by atoms with Crippen molar-refractivity contribution in [1.82, 2.24) is 16.0 Å². The number of aliphatic imine (C=N–C) groups is 1. The number of rotatable bonds is 8. The molecule has 0 fully saturated rings. The van der Waals surface area contributed by atoms with E-state index in [2.05, 4.69) is 20.9 Å². The van der Waals surface area contributed by atoms with Crippen molar-refractivity contribution in [3.63, 3.8) is 0 Å². The van der Waals surface area contributed by atoms with Gasteiger partial charge in [0.15, 0.2) is 5.96 Å². The maximum atomic E-state index is 12.1. The summed E-state index contributed by atoms with van der Waals surface area (Å²) in [5.74, 6) is 1.87. The second kappa shape index (κ2) is 11.0. The Labute approximate surface area is 170 Å². The van der Waals surface area contributed by atoms with Crippen molar-refractivity contribution in [3.05, 3.63) is 58.6 Å². The summed E-state index contributed by atoms with van der Waals surface area (Å²) >= 11 is 6.02. The molecular formula is C20H25ClN4O3. The average Bonchev–Trinajstić information content (AvgIpc) is 2.73. The Morgan fingerprint density at radius 3 is 2.46 bits per heavy atom. The van der Waals surface area contributed by atoms with Crippen molar-refractivity contribution in [2.75, 3.05) is 34.4 Å². The van der Waals surface area contributed by atoms with E-state index in [1.807, 2.05) is 18.2 Å². The molecule has 0 unspecified atom stereocenters. The van der Waals surface area contributed by atoms with E-state index in [1.165, 1.54) is 0 Å². The van der Waals surface area contributed by atoms with Crippen LogP contribution in [0.15, 0.2) is 47.5 Å². The summed E-state index contributed by atoms with van der Waals surface area (Å²) in [6.07, 6.45) is 0. The van der Waals surface area contributed by atoms with Gasteiger partial charge in [-0.3, -0.25) is 9.79 Å². The lowest BCUT2D eigenvalue weighted by atomic mass is 10.2. The van der Waals surface area contributed by atoms with Crippen molar-refractivity contribution in [2.24, 2.45) is 4.99 Å². The van der Waals surface area contributed by atoms with Crippen LogP contribution in [0.1, 0.15) is 15.9 Å². The van der Waals surface area contributed by atoms with Crippen LogP contribution in [0.3, 0.4) is 0 Å². The van der Waals surface area contributed by atoms with Gasteiger partial charge in [-0.05, 0) is 24.3 Å². The van der Waals surface area contributed by atoms with E-state index >= 15 is 0 Å². The number of halogens is 1. The van der Waals surface area contributed by atoms with E-state index in [0.29, 0.717) is 36.2 Å². The number of amides is 1. The summed E-state index contributed by atoms with van der Waals surface area (Å²) < 4.78 is 10.6. The number of nitrogens with one attached hydrogen (secondary N) is 3. The van der Waals surface area contributed by atoms with Crippen LogP contribution in [0.25, 0.3) is 0 Å². The number of ether oxygens (including phenoxy) is 2. The average molecular weight is 405 g/mol. The molecule has 0 aliphatic heterocycles. The predicted molar refractivity (Wildman–Crippen MR) is 112 cm³/mol. The maximum Gasteiger partial charge on any atom is 0.252 e. The molecule has 8 heteroatoms. The molecule has 2 aromatic carbocycles. The molecule has 0 aromatic heterocycles. The summed E-state index contributed by atoms with van der Waals surface area (Å²) in [6, 6.07) is 12.6. The molecule has 0 saturated carbocycles. The zero-order valence-electron chi connectivity index (χ0n) is 16.2. The van der Waals surface area contributed by atoms with Gasteiger partial charge in [0.2, 0.25) is 0 Å². The minimum atomic E-state index is -0.210. The maximum absolute atomic E-state index is 12.1. The Bertz CT molecular complexity index is 827. The van der Waals surface area contributed by atoms with Gasteiger partial charge < -0.3 is 25.4 Å². The highest BCUT2D eigenvalue weighted by atomic mass is 35.5. The zero-order valence-corrected chi connectivity index (χ0v) is 17.0. The van der Waals surface area contributed by atoms with Crippen LogP contribution in [0.2, 0.25) is 5.02 Å². The molecule has 0 heterocycles. The SMILES string of the molecule is CN=C(NCCNC(=O)c1ccccc1Cl)NCc1ccc(OC)cc1OC. The number of carbonyl (C=O) groups is 1. The normalized spacial score (nSPS) is 10.9. The van der Waals surface area contributed by atoms with Crippen molar-refractivity contribution in [1.29, 1.82) is 0 Å². The minimum Gasteiger partial charge on any atom is -0.497 e. The molecule has 0 spiro atoms. The topological polar surface area (TPSA) is 84.0 Å². The summed E-state index contributed by atoms with van der Waals surface area (Å²) in [5, 5.41) is 9.61. The smallest absolute Gasteiger partial charge is 0.252 e. The fourth-order valence-corrected chi connectivity index (χ4v) is 2.72. The molecule has 0 saturated heterocycles. The van der Waals surface area contributed by atoms with Gasteiger partial charge in [0.1, 0.15) is 11.5 Å². The van der Waals surface area contributed by atoms with Gasteiger partial charge in [0, 0.05) is 38.3 Å². The molecule has 1 amide bonds. The van der Waals surface area contributed by atoms with Gasteiger partial charge in [-0.15, -0.1) is 0 Å². The van der Waals surface area contributed by atoms with E-state index in [1.54, 1.807) is 45.5 Å². The Balaban J connectivity index is 1.79. The van der Waals surface area contributed by atoms with Crippen LogP contribution in [-0.4, -0.2) is 46.2 Å². The Morgan fingerprint density at radius 2 is 1.79 bits per heavy atom. The summed E-state index contributed by atoms with van der Waals surface area (Å²) in [7, 11) is 4.92. The molecule has 0 bridgehead atoms. The second-order valence-electron chi connectivity index (χ2n) is 5.77. The van der Waals surface area contributed by atoms with Gasteiger partial charge in [-0.25, -0.2) is 0 Å². The largest absolute Gasteiger partial charge is 0.497 e. The Morgan fingerprint density at radius 1 is 1.04 bits per heavy atom. The van der Waals surface area contributed by atoms with Crippen LogP contribution in [0.5, 0.6) is 11.5 Å². The lowest BCUT2D eigenvalue weighted by Gasteiger charge is -2.15. The van der Waals surface area contributed by atoms with Gasteiger partial charge in [-0.2, -0.15) is 0 Å². The van der Waals surface area contributed by atoms with Crippen LogP contribution in [-0.2, 0) is 6.54 Å². The first-order valence-electron chi connectivity index (χ1n) is 8.77.